The Morgan fingerprint density at radius 3 is 2.64 bits per heavy atom. The van der Waals surface area contributed by atoms with E-state index in [9.17, 15) is 4.79 Å². The zero-order chi connectivity index (χ0) is 10.8. The van der Waals surface area contributed by atoms with Crippen LogP contribution in [0.5, 0.6) is 0 Å². The van der Waals surface area contributed by atoms with E-state index in [1.165, 1.54) is 14.2 Å². The summed E-state index contributed by atoms with van der Waals surface area (Å²) < 4.78 is 19.4. The average molecular weight is 218 g/mol. The minimum Gasteiger partial charge on any atom is -0.463 e. The molecule has 0 aliphatic rings. The Balaban J connectivity index is 3.28. The fourth-order valence-corrected chi connectivity index (χ4v) is 1.20. The first-order valence-electron chi connectivity index (χ1n) is 3.98. The highest BCUT2D eigenvalue weighted by molar-refractivity contribution is 6.27. The van der Waals surface area contributed by atoms with Crippen LogP contribution in [-0.4, -0.2) is 43.0 Å². The van der Waals surface area contributed by atoms with Crippen molar-refractivity contribution < 1.29 is 23.4 Å². The molecule has 0 fully saturated rings. The van der Waals surface area contributed by atoms with E-state index in [1.54, 1.807) is 0 Å². The quantitative estimate of drug-likeness (QED) is 0.193. The highest BCUT2D eigenvalue weighted by atomic mass is 28.2. The molecule has 0 saturated carbocycles. The zero-order valence-electron chi connectivity index (χ0n) is 8.32. The van der Waals surface area contributed by atoms with Crippen molar-refractivity contribution in [1.82, 2.24) is 0 Å². The third-order valence-electron chi connectivity index (χ3n) is 1.18. The standard InChI is InChI=1S/C8H14O5Si/c1-4-7(9)12-5-6-14-13-8(10-2)11-3/h4,8H,1,5-6H2,2-3H3. The predicted molar refractivity (Wildman–Crippen MR) is 50.6 cm³/mol. The van der Waals surface area contributed by atoms with Gasteiger partial charge in [0.15, 0.2) is 0 Å². The molecule has 0 amide bonds. The zero-order valence-corrected chi connectivity index (χ0v) is 9.32. The van der Waals surface area contributed by atoms with Crippen LogP contribution in [0, 0.1) is 0 Å². The fraction of sp³-hybridized carbons (Fsp3) is 0.625. The molecule has 0 aromatic carbocycles. The van der Waals surface area contributed by atoms with Gasteiger partial charge in [-0.1, -0.05) is 6.58 Å². The third-order valence-corrected chi connectivity index (χ3v) is 1.95. The molecule has 0 saturated heterocycles. The molecular weight excluding hydrogens is 204 g/mol. The Hall–Kier alpha value is -0.693. The molecule has 0 aliphatic heterocycles. The first-order chi connectivity index (χ1) is 6.74. The highest BCUT2D eigenvalue weighted by Gasteiger charge is 2.05. The molecule has 0 aliphatic carbocycles. The largest absolute Gasteiger partial charge is 0.463 e. The number of hydrogen-bond donors (Lipinski definition) is 0. The van der Waals surface area contributed by atoms with Crippen molar-refractivity contribution in [2.45, 2.75) is 12.5 Å². The van der Waals surface area contributed by atoms with Gasteiger partial charge in [-0.25, -0.2) is 4.79 Å². The summed E-state index contributed by atoms with van der Waals surface area (Å²) >= 11 is 0. The van der Waals surface area contributed by atoms with Crippen LogP contribution in [0.15, 0.2) is 12.7 Å². The van der Waals surface area contributed by atoms with Crippen LogP contribution in [0.25, 0.3) is 0 Å². The maximum absolute atomic E-state index is 10.6. The van der Waals surface area contributed by atoms with Gasteiger partial charge < -0.3 is 18.6 Å². The summed E-state index contributed by atoms with van der Waals surface area (Å²) in [6.07, 6.45) is 1.12. The molecule has 0 bridgehead atoms. The molecule has 0 atom stereocenters. The third kappa shape index (κ3) is 6.78. The molecule has 0 aromatic rings. The summed E-state index contributed by atoms with van der Waals surface area (Å²) in [5.41, 5.74) is 0. The van der Waals surface area contributed by atoms with E-state index in [4.69, 9.17) is 18.6 Å². The summed E-state index contributed by atoms with van der Waals surface area (Å²) in [4.78, 5) is 10.6. The van der Waals surface area contributed by atoms with Crippen molar-refractivity contribution in [3.63, 3.8) is 0 Å². The summed E-state index contributed by atoms with van der Waals surface area (Å²) in [5.74, 6) is -0.426. The van der Waals surface area contributed by atoms with E-state index in [2.05, 4.69) is 6.58 Å². The monoisotopic (exact) mass is 218 g/mol. The second kappa shape index (κ2) is 8.89. The van der Waals surface area contributed by atoms with Crippen LogP contribution < -0.4 is 0 Å². The number of ether oxygens (including phenoxy) is 3. The second-order valence-electron chi connectivity index (χ2n) is 2.14. The summed E-state index contributed by atoms with van der Waals surface area (Å²) in [5, 5.41) is 0. The van der Waals surface area contributed by atoms with Crippen LogP contribution in [0.4, 0.5) is 0 Å². The van der Waals surface area contributed by atoms with Crippen molar-refractivity contribution in [2.24, 2.45) is 0 Å². The maximum atomic E-state index is 10.6. The van der Waals surface area contributed by atoms with Gasteiger partial charge in [-0.15, -0.1) is 0 Å². The fourth-order valence-electron chi connectivity index (χ4n) is 0.572. The van der Waals surface area contributed by atoms with Gasteiger partial charge in [-0.3, -0.25) is 0 Å². The van der Waals surface area contributed by atoms with Crippen LogP contribution in [-0.2, 0) is 23.4 Å². The molecular formula is C8H14O5Si. The minimum atomic E-state index is -0.650. The number of hydrogen-bond acceptors (Lipinski definition) is 5. The summed E-state index contributed by atoms with van der Waals surface area (Å²) in [6.45, 7) is 2.93. The van der Waals surface area contributed by atoms with Crippen molar-refractivity contribution in [3.05, 3.63) is 12.7 Å². The van der Waals surface area contributed by atoms with Gasteiger partial charge in [0.05, 0.1) is 6.61 Å². The van der Waals surface area contributed by atoms with Crippen LogP contribution >= 0.6 is 0 Å². The number of rotatable bonds is 8. The van der Waals surface area contributed by atoms with Gasteiger partial charge in [-0.05, 0) is 0 Å². The topological polar surface area (TPSA) is 54.0 Å². The first-order valence-corrected chi connectivity index (χ1v) is 5.09. The molecule has 0 rings (SSSR count). The van der Waals surface area contributed by atoms with Gasteiger partial charge in [-0.2, -0.15) is 0 Å². The van der Waals surface area contributed by atoms with Crippen LogP contribution in [0.2, 0.25) is 6.04 Å². The smallest absolute Gasteiger partial charge is 0.330 e. The lowest BCUT2D eigenvalue weighted by atomic mass is 10.6. The molecule has 0 N–H and O–H groups in total. The van der Waals surface area contributed by atoms with Gasteiger partial charge >= 0.3 is 5.97 Å². The molecule has 6 heteroatoms. The van der Waals surface area contributed by atoms with E-state index < -0.39 is 12.4 Å². The number of esters is 1. The second-order valence-corrected chi connectivity index (χ2v) is 3.17. The first kappa shape index (κ1) is 13.3. The normalized spacial score (nSPS) is 10.2. The Kier molecular flexibility index (Phi) is 8.45. The van der Waals surface area contributed by atoms with Crippen molar-refractivity contribution in [1.29, 1.82) is 0 Å². The lowest BCUT2D eigenvalue weighted by Gasteiger charge is -2.12. The van der Waals surface area contributed by atoms with Crippen LogP contribution in [0.3, 0.4) is 0 Å². The van der Waals surface area contributed by atoms with E-state index in [1.807, 2.05) is 0 Å². The van der Waals surface area contributed by atoms with E-state index in [-0.39, 0.29) is 9.76 Å². The Bertz CT molecular complexity index is 169. The van der Waals surface area contributed by atoms with Crippen molar-refractivity contribution in [2.75, 3.05) is 20.8 Å². The Labute approximate surface area is 85.9 Å². The molecule has 0 spiro atoms. The molecule has 0 heterocycles. The molecule has 0 aromatic heterocycles. The summed E-state index contributed by atoms with van der Waals surface area (Å²) in [7, 11) is 3.13. The molecule has 0 unspecified atom stereocenters. The van der Waals surface area contributed by atoms with E-state index >= 15 is 0 Å². The lowest BCUT2D eigenvalue weighted by Crippen LogP contribution is -2.20. The molecule has 2 radical (unpaired) electrons. The molecule has 14 heavy (non-hydrogen) atoms. The van der Waals surface area contributed by atoms with Gasteiger partial charge in [0, 0.05) is 26.3 Å². The highest BCUT2D eigenvalue weighted by Crippen LogP contribution is 1.94. The maximum Gasteiger partial charge on any atom is 0.330 e. The number of methoxy groups -OCH3 is 2. The van der Waals surface area contributed by atoms with E-state index in [0.29, 0.717) is 12.7 Å². The van der Waals surface area contributed by atoms with Gasteiger partial charge in [0.1, 0.15) is 0 Å². The number of carbonyl (C=O) groups excluding carboxylic acids is 1. The minimum absolute atomic E-state index is 0.166. The van der Waals surface area contributed by atoms with Crippen molar-refractivity contribution >= 4 is 15.7 Å². The van der Waals surface area contributed by atoms with Crippen LogP contribution in [0.1, 0.15) is 0 Å². The van der Waals surface area contributed by atoms with E-state index in [0.717, 1.165) is 6.08 Å². The molecule has 80 valence electrons. The summed E-state index contributed by atoms with van der Waals surface area (Å²) in [6, 6.07) is 0.614. The molecule has 5 nitrogen and oxygen atoms in total. The lowest BCUT2D eigenvalue weighted by molar-refractivity contribution is -0.219. The predicted octanol–water partition coefficient (Wildman–Crippen LogP) is 0.346. The SMILES string of the molecule is C=CC(=O)OCC[Si]OC(OC)OC. The van der Waals surface area contributed by atoms with Gasteiger partial charge in [0.25, 0.3) is 6.48 Å². The van der Waals surface area contributed by atoms with Gasteiger partial charge in [0.2, 0.25) is 9.76 Å². The average Bonchev–Trinajstić information content (AvgIpc) is 2.23. The Morgan fingerprint density at radius 2 is 2.14 bits per heavy atom. The Morgan fingerprint density at radius 1 is 1.50 bits per heavy atom. The van der Waals surface area contributed by atoms with Crippen molar-refractivity contribution in [3.8, 4) is 0 Å². The number of carbonyl (C=O) groups is 1.